The van der Waals surface area contributed by atoms with Crippen molar-refractivity contribution in [3.8, 4) is 5.75 Å². The first-order chi connectivity index (χ1) is 12.9. The molecule has 1 amide bonds. The number of nitrogens with one attached hydrogen (secondary N) is 1. The van der Waals surface area contributed by atoms with E-state index < -0.39 is 0 Å². The highest BCUT2D eigenvalue weighted by Crippen LogP contribution is 2.22. The summed E-state index contributed by atoms with van der Waals surface area (Å²) in [6.07, 6.45) is 1.68. The molecular formula is C20H22N4O2S. The topological polar surface area (TPSA) is 67.3 Å². The van der Waals surface area contributed by atoms with Gasteiger partial charge >= 0.3 is 0 Å². The average Bonchev–Trinajstić information content (AvgIpc) is 3.02. The van der Waals surface area contributed by atoms with Crippen LogP contribution in [0.2, 0.25) is 0 Å². The number of aryl methyl sites for hydroxylation is 2. The summed E-state index contributed by atoms with van der Waals surface area (Å²) in [5.41, 5.74) is 3.46. The maximum atomic E-state index is 12.6. The lowest BCUT2D eigenvalue weighted by molar-refractivity contribution is 0.103. The third kappa shape index (κ3) is 4.83. The van der Waals surface area contributed by atoms with Crippen molar-refractivity contribution in [3.63, 3.8) is 0 Å². The summed E-state index contributed by atoms with van der Waals surface area (Å²) < 4.78 is 5.70. The number of ether oxygens (including phenoxy) is 1. The van der Waals surface area contributed by atoms with Crippen LogP contribution in [-0.4, -0.2) is 30.0 Å². The molecule has 0 atom stereocenters. The second-order valence-corrected chi connectivity index (χ2v) is 7.43. The molecule has 7 heteroatoms. The van der Waals surface area contributed by atoms with Crippen molar-refractivity contribution < 1.29 is 9.53 Å². The Morgan fingerprint density at radius 3 is 2.52 bits per heavy atom. The van der Waals surface area contributed by atoms with E-state index in [2.05, 4.69) is 15.3 Å². The molecule has 3 aromatic rings. The van der Waals surface area contributed by atoms with Crippen LogP contribution < -0.4 is 15.0 Å². The lowest BCUT2D eigenvalue weighted by Gasteiger charge is -2.12. The minimum atomic E-state index is -0.161. The van der Waals surface area contributed by atoms with Gasteiger partial charge < -0.3 is 15.0 Å². The first-order valence-electron chi connectivity index (χ1n) is 8.53. The molecule has 140 valence electrons. The summed E-state index contributed by atoms with van der Waals surface area (Å²) >= 11 is 1.34. The number of benzene rings is 1. The van der Waals surface area contributed by atoms with Gasteiger partial charge in [-0.1, -0.05) is 0 Å². The number of aromatic nitrogens is 2. The molecule has 2 aromatic heterocycles. The van der Waals surface area contributed by atoms with Gasteiger partial charge in [0.15, 0.2) is 0 Å². The van der Waals surface area contributed by atoms with Crippen LogP contribution in [0.1, 0.15) is 26.1 Å². The van der Waals surface area contributed by atoms with E-state index in [1.807, 2.05) is 69.2 Å². The summed E-state index contributed by atoms with van der Waals surface area (Å²) in [6, 6.07) is 11.5. The molecule has 6 nitrogen and oxygen atoms in total. The summed E-state index contributed by atoms with van der Waals surface area (Å²) in [5.74, 6) is 0.520. The van der Waals surface area contributed by atoms with Crippen LogP contribution in [0.4, 0.5) is 11.4 Å². The molecule has 0 radical (unpaired) electrons. The van der Waals surface area contributed by atoms with Gasteiger partial charge in [0.25, 0.3) is 5.91 Å². The number of rotatable bonds is 6. The molecule has 0 aliphatic carbocycles. The summed E-state index contributed by atoms with van der Waals surface area (Å²) in [7, 11) is 3.95. The van der Waals surface area contributed by atoms with E-state index >= 15 is 0 Å². The fraction of sp³-hybridized carbons (Fsp3) is 0.250. The molecule has 27 heavy (non-hydrogen) atoms. The molecule has 0 spiro atoms. The summed E-state index contributed by atoms with van der Waals surface area (Å²) in [4.78, 5) is 23.8. The van der Waals surface area contributed by atoms with Crippen molar-refractivity contribution in [1.29, 1.82) is 0 Å². The number of nitrogens with zero attached hydrogens (tertiary/aromatic N) is 3. The van der Waals surface area contributed by atoms with Crippen LogP contribution in [0.3, 0.4) is 0 Å². The van der Waals surface area contributed by atoms with Gasteiger partial charge in [-0.05, 0) is 50.2 Å². The smallest absolute Gasteiger partial charge is 0.267 e. The van der Waals surface area contributed by atoms with Crippen LogP contribution in [-0.2, 0) is 6.61 Å². The Balaban J connectivity index is 1.64. The van der Waals surface area contributed by atoms with E-state index in [4.69, 9.17) is 4.74 Å². The SMILES string of the molecule is Cc1ccc(OCc2nc(C)c(C(=O)Nc3ccc(N(C)C)cc3)s2)cn1. The Morgan fingerprint density at radius 1 is 1.15 bits per heavy atom. The minimum absolute atomic E-state index is 0.161. The fourth-order valence-corrected chi connectivity index (χ4v) is 3.31. The Morgan fingerprint density at radius 2 is 1.89 bits per heavy atom. The monoisotopic (exact) mass is 382 g/mol. The zero-order valence-electron chi connectivity index (χ0n) is 15.8. The van der Waals surface area contributed by atoms with Crippen molar-refractivity contribution in [2.24, 2.45) is 0 Å². The van der Waals surface area contributed by atoms with Crippen LogP contribution in [0.25, 0.3) is 0 Å². The number of amides is 1. The number of hydrogen-bond acceptors (Lipinski definition) is 6. The molecule has 0 unspecified atom stereocenters. The lowest BCUT2D eigenvalue weighted by Crippen LogP contribution is -2.12. The highest BCUT2D eigenvalue weighted by molar-refractivity contribution is 7.13. The summed E-state index contributed by atoms with van der Waals surface area (Å²) in [6.45, 7) is 4.06. The van der Waals surface area contributed by atoms with Crippen LogP contribution in [0.5, 0.6) is 5.75 Å². The van der Waals surface area contributed by atoms with Crippen molar-refractivity contribution in [1.82, 2.24) is 9.97 Å². The van der Waals surface area contributed by atoms with Gasteiger partial charge in [0.2, 0.25) is 0 Å². The summed E-state index contributed by atoms with van der Waals surface area (Å²) in [5, 5.41) is 3.67. The van der Waals surface area contributed by atoms with Crippen LogP contribution in [0, 0.1) is 13.8 Å². The molecule has 1 aromatic carbocycles. The highest BCUT2D eigenvalue weighted by Gasteiger charge is 2.16. The van der Waals surface area contributed by atoms with Gasteiger partial charge in [-0.15, -0.1) is 11.3 Å². The van der Waals surface area contributed by atoms with E-state index in [9.17, 15) is 4.79 Å². The van der Waals surface area contributed by atoms with E-state index in [0.29, 0.717) is 22.9 Å². The van der Waals surface area contributed by atoms with Gasteiger partial charge in [0, 0.05) is 31.2 Å². The van der Waals surface area contributed by atoms with E-state index in [1.54, 1.807) is 6.20 Å². The van der Waals surface area contributed by atoms with Crippen molar-refractivity contribution in [3.05, 3.63) is 63.9 Å². The van der Waals surface area contributed by atoms with Gasteiger partial charge in [-0.2, -0.15) is 0 Å². The molecule has 0 aliphatic rings. The second-order valence-electron chi connectivity index (χ2n) is 6.34. The van der Waals surface area contributed by atoms with E-state index in [0.717, 1.165) is 22.1 Å². The van der Waals surface area contributed by atoms with Gasteiger partial charge in [0.1, 0.15) is 22.2 Å². The quantitative estimate of drug-likeness (QED) is 0.697. The highest BCUT2D eigenvalue weighted by atomic mass is 32.1. The molecule has 1 N–H and O–H groups in total. The van der Waals surface area contributed by atoms with E-state index in [-0.39, 0.29) is 5.91 Å². The largest absolute Gasteiger partial charge is 0.485 e. The van der Waals surface area contributed by atoms with Gasteiger partial charge in [-0.3, -0.25) is 9.78 Å². The second kappa shape index (κ2) is 8.18. The molecule has 3 rings (SSSR count). The number of hydrogen-bond donors (Lipinski definition) is 1. The van der Waals surface area contributed by atoms with E-state index in [1.165, 1.54) is 11.3 Å². The number of thiazole rings is 1. The Bertz CT molecular complexity index is 918. The van der Waals surface area contributed by atoms with Crippen LogP contribution >= 0.6 is 11.3 Å². The lowest BCUT2D eigenvalue weighted by atomic mass is 10.2. The molecule has 0 aliphatic heterocycles. The third-order valence-electron chi connectivity index (χ3n) is 3.94. The Kier molecular flexibility index (Phi) is 5.71. The van der Waals surface area contributed by atoms with Gasteiger partial charge in [0.05, 0.1) is 11.9 Å². The number of pyridine rings is 1. The predicted octanol–water partition coefficient (Wildman–Crippen LogP) is 4.05. The van der Waals surface area contributed by atoms with Crippen LogP contribution in [0.15, 0.2) is 42.6 Å². The van der Waals surface area contributed by atoms with Crippen molar-refractivity contribution in [2.75, 3.05) is 24.3 Å². The molecule has 0 fully saturated rings. The maximum absolute atomic E-state index is 12.6. The third-order valence-corrected chi connectivity index (χ3v) is 5.06. The molecule has 0 saturated carbocycles. The zero-order chi connectivity index (χ0) is 19.4. The van der Waals surface area contributed by atoms with Crippen molar-refractivity contribution in [2.45, 2.75) is 20.5 Å². The first kappa shape index (κ1) is 18.8. The zero-order valence-corrected chi connectivity index (χ0v) is 16.6. The molecule has 0 saturated heterocycles. The Labute approximate surface area is 162 Å². The molecular weight excluding hydrogens is 360 g/mol. The standard InChI is InChI=1S/C20H22N4O2S/c1-13-5-10-17(11-21-13)26-12-18-22-14(2)19(27-18)20(25)23-15-6-8-16(9-7-15)24(3)4/h5-11H,12H2,1-4H3,(H,23,25). The molecule has 2 heterocycles. The average molecular weight is 382 g/mol. The van der Waals surface area contributed by atoms with Crippen molar-refractivity contribution >= 4 is 28.6 Å². The van der Waals surface area contributed by atoms with Gasteiger partial charge in [-0.25, -0.2) is 4.98 Å². The number of anilines is 2. The molecule has 0 bridgehead atoms. The number of carbonyl (C=O) groups is 1. The Hall–Kier alpha value is -2.93. The number of carbonyl (C=O) groups excluding carboxylic acids is 1. The fourth-order valence-electron chi connectivity index (χ4n) is 2.44. The minimum Gasteiger partial charge on any atom is -0.485 e. The first-order valence-corrected chi connectivity index (χ1v) is 9.34. The predicted molar refractivity (Wildman–Crippen MR) is 109 cm³/mol. The maximum Gasteiger partial charge on any atom is 0.267 e. The normalized spacial score (nSPS) is 10.5.